The Morgan fingerprint density at radius 3 is 2.02 bits per heavy atom. The molecule has 11 rings (SSSR count). The Kier molecular flexibility index (Phi) is 5.68. The number of hydrogen-bond acceptors (Lipinski definition) is 4. The van der Waals surface area contributed by atoms with Crippen molar-refractivity contribution < 1.29 is 4.42 Å². The van der Waals surface area contributed by atoms with Crippen molar-refractivity contribution in [1.29, 1.82) is 0 Å². The van der Waals surface area contributed by atoms with Crippen molar-refractivity contribution in [1.82, 2.24) is 15.0 Å². The highest BCUT2D eigenvalue weighted by molar-refractivity contribution is 6.13. The van der Waals surface area contributed by atoms with Crippen molar-refractivity contribution >= 4 is 21.9 Å². The summed E-state index contributed by atoms with van der Waals surface area (Å²) in [7, 11) is 0. The van der Waals surface area contributed by atoms with E-state index in [1.54, 1.807) is 0 Å². The fourth-order valence-electron chi connectivity index (χ4n) is 8.80. The molecule has 0 saturated carbocycles. The average Bonchev–Trinajstić information content (AvgIpc) is 3.82. The van der Waals surface area contributed by atoms with Gasteiger partial charge < -0.3 is 4.42 Å². The monoisotopic (exact) mass is 639 g/mol. The van der Waals surface area contributed by atoms with Crippen LogP contribution < -0.4 is 0 Å². The third-order valence-electron chi connectivity index (χ3n) is 10.9. The van der Waals surface area contributed by atoms with Crippen LogP contribution in [0.5, 0.6) is 0 Å². The minimum Gasteiger partial charge on any atom is -0.455 e. The number of furan rings is 1. The molecular weight excluding hydrogens is 611 g/mol. The van der Waals surface area contributed by atoms with Crippen LogP contribution in [-0.2, 0) is 5.41 Å². The fourth-order valence-corrected chi connectivity index (χ4v) is 8.80. The highest BCUT2D eigenvalue weighted by Crippen LogP contribution is 2.65. The number of fused-ring (bicyclic) bond motifs is 14. The molecule has 50 heavy (non-hydrogen) atoms. The predicted molar refractivity (Wildman–Crippen MR) is 200 cm³/mol. The lowest BCUT2D eigenvalue weighted by atomic mass is 9.70. The van der Waals surface area contributed by atoms with Gasteiger partial charge in [-0.3, -0.25) is 0 Å². The molecule has 0 fully saturated rings. The lowest BCUT2D eigenvalue weighted by Gasteiger charge is -2.30. The molecule has 0 bridgehead atoms. The van der Waals surface area contributed by atoms with Crippen molar-refractivity contribution in [3.05, 3.63) is 186 Å². The molecule has 0 radical (unpaired) electrons. The van der Waals surface area contributed by atoms with Gasteiger partial charge >= 0.3 is 0 Å². The van der Waals surface area contributed by atoms with Crippen LogP contribution in [0.25, 0.3) is 67.0 Å². The van der Waals surface area contributed by atoms with E-state index in [1.165, 1.54) is 44.5 Å². The second kappa shape index (κ2) is 10.3. The first-order valence-corrected chi connectivity index (χ1v) is 17.2. The summed E-state index contributed by atoms with van der Waals surface area (Å²) in [6.07, 6.45) is 9.42. The van der Waals surface area contributed by atoms with Gasteiger partial charge in [0.2, 0.25) is 0 Å². The Labute approximate surface area is 289 Å². The van der Waals surface area contributed by atoms with E-state index in [0.29, 0.717) is 11.6 Å². The standard InChI is InChI=1S/C46H29N3O/c1-3-14-28(15-4-1)43-47-44(29-16-5-2-6-17-29)49-45(48-43)34-21-13-24-37-40(34)32-19-7-10-22-35(32)46(37)36-23-11-8-20-33(36)41-38(46)27-26-31-30-18-9-12-25-39(30)50-42(31)41/h1-16,18-27,29H,17H2. The smallest absolute Gasteiger partial charge is 0.164 e. The molecule has 2 atom stereocenters. The lowest BCUT2D eigenvalue weighted by molar-refractivity contribution is 0.669. The third-order valence-corrected chi connectivity index (χ3v) is 10.9. The maximum Gasteiger partial charge on any atom is 0.164 e. The average molecular weight is 640 g/mol. The maximum absolute atomic E-state index is 6.71. The van der Waals surface area contributed by atoms with Gasteiger partial charge in [0, 0.05) is 33.4 Å². The zero-order valence-corrected chi connectivity index (χ0v) is 27.0. The molecule has 2 heterocycles. The summed E-state index contributed by atoms with van der Waals surface area (Å²) in [5.41, 5.74) is 13.1. The number of nitrogens with zero attached hydrogens (tertiary/aromatic N) is 3. The molecule has 234 valence electrons. The molecule has 0 amide bonds. The molecule has 2 aromatic heterocycles. The summed E-state index contributed by atoms with van der Waals surface area (Å²) in [5, 5.41) is 2.28. The van der Waals surface area contributed by atoms with Crippen LogP contribution in [0.3, 0.4) is 0 Å². The molecule has 8 aromatic rings. The van der Waals surface area contributed by atoms with E-state index in [-0.39, 0.29) is 5.92 Å². The van der Waals surface area contributed by atoms with Gasteiger partial charge in [0.15, 0.2) is 11.6 Å². The van der Waals surface area contributed by atoms with Crippen LogP contribution in [0.15, 0.2) is 162 Å². The maximum atomic E-state index is 6.71. The quantitative estimate of drug-likeness (QED) is 0.193. The summed E-state index contributed by atoms with van der Waals surface area (Å²) in [6.45, 7) is 0. The Morgan fingerprint density at radius 2 is 1.20 bits per heavy atom. The van der Waals surface area contributed by atoms with E-state index >= 15 is 0 Å². The number of hydrogen-bond donors (Lipinski definition) is 0. The summed E-state index contributed by atoms with van der Waals surface area (Å²) in [5.74, 6) is 2.26. The molecule has 4 heteroatoms. The van der Waals surface area contributed by atoms with Crippen LogP contribution in [0.1, 0.15) is 40.4 Å². The van der Waals surface area contributed by atoms with E-state index in [0.717, 1.165) is 45.3 Å². The van der Waals surface area contributed by atoms with Gasteiger partial charge in [-0.1, -0.05) is 152 Å². The van der Waals surface area contributed by atoms with Crippen LogP contribution in [0.4, 0.5) is 0 Å². The molecule has 0 aliphatic heterocycles. The predicted octanol–water partition coefficient (Wildman–Crippen LogP) is 11.0. The molecule has 1 spiro atoms. The summed E-state index contributed by atoms with van der Waals surface area (Å²) < 4.78 is 6.71. The third kappa shape index (κ3) is 3.62. The topological polar surface area (TPSA) is 51.8 Å². The Morgan fingerprint density at radius 1 is 0.520 bits per heavy atom. The zero-order chi connectivity index (χ0) is 32.8. The van der Waals surface area contributed by atoms with Crippen molar-refractivity contribution in [2.24, 2.45) is 0 Å². The second-order valence-corrected chi connectivity index (χ2v) is 13.4. The van der Waals surface area contributed by atoms with Crippen LogP contribution in [0, 0.1) is 0 Å². The fraction of sp³-hybridized carbons (Fsp3) is 0.0652. The van der Waals surface area contributed by atoms with Crippen LogP contribution in [0.2, 0.25) is 0 Å². The molecule has 3 aliphatic rings. The normalized spacial score (nSPS) is 18.0. The zero-order valence-electron chi connectivity index (χ0n) is 27.0. The number of aromatic nitrogens is 3. The molecule has 0 saturated heterocycles. The highest BCUT2D eigenvalue weighted by Gasteiger charge is 2.53. The number of para-hydroxylation sites is 1. The molecule has 6 aromatic carbocycles. The highest BCUT2D eigenvalue weighted by atomic mass is 16.3. The first-order chi connectivity index (χ1) is 24.8. The van der Waals surface area contributed by atoms with Gasteiger partial charge in [-0.25, -0.2) is 15.0 Å². The first-order valence-electron chi connectivity index (χ1n) is 17.2. The minimum atomic E-state index is -0.532. The van der Waals surface area contributed by atoms with Crippen molar-refractivity contribution in [3.63, 3.8) is 0 Å². The Bertz CT molecular complexity index is 2760. The molecule has 2 unspecified atom stereocenters. The van der Waals surface area contributed by atoms with Gasteiger partial charge in [0.25, 0.3) is 0 Å². The Balaban J connectivity index is 1.22. The Hall–Kier alpha value is -6.39. The van der Waals surface area contributed by atoms with Gasteiger partial charge in [-0.2, -0.15) is 0 Å². The van der Waals surface area contributed by atoms with Crippen LogP contribution in [-0.4, -0.2) is 15.0 Å². The summed E-state index contributed by atoms with van der Waals surface area (Å²) >= 11 is 0. The molecular formula is C46H29N3O. The number of rotatable bonds is 3. The van der Waals surface area contributed by atoms with Gasteiger partial charge in [-0.05, 0) is 51.4 Å². The number of allylic oxidation sites excluding steroid dienone is 4. The molecule has 4 nitrogen and oxygen atoms in total. The van der Waals surface area contributed by atoms with E-state index in [9.17, 15) is 0 Å². The molecule has 0 N–H and O–H groups in total. The number of benzene rings is 6. The summed E-state index contributed by atoms with van der Waals surface area (Å²) in [4.78, 5) is 15.5. The van der Waals surface area contributed by atoms with E-state index in [1.807, 2.05) is 24.3 Å². The van der Waals surface area contributed by atoms with Crippen LogP contribution >= 0.6 is 0 Å². The first kappa shape index (κ1) is 27.5. The minimum absolute atomic E-state index is 0.0828. The van der Waals surface area contributed by atoms with Gasteiger partial charge in [0.05, 0.1) is 5.41 Å². The van der Waals surface area contributed by atoms with Gasteiger partial charge in [-0.15, -0.1) is 0 Å². The van der Waals surface area contributed by atoms with Crippen molar-refractivity contribution in [3.8, 4) is 45.0 Å². The van der Waals surface area contributed by atoms with E-state index in [4.69, 9.17) is 19.4 Å². The largest absolute Gasteiger partial charge is 0.455 e. The summed E-state index contributed by atoms with van der Waals surface area (Å²) in [6, 6.07) is 47.6. The SMILES string of the molecule is C1=CCC(c2nc(-c3ccccc3)nc(-c3cccc4c3-c3ccccc3C43c4ccccc4-c4c3ccc3c4oc4ccccc43)n2)C=C1. The lowest BCUT2D eigenvalue weighted by Crippen LogP contribution is -2.25. The van der Waals surface area contributed by atoms with Crippen molar-refractivity contribution in [2.75, 3.05) is 0 Å². The van der Waals surface area contributed by atoms with E-state index < -0.39 is 5.41 Å². The molecule has 3 aliphatic carbocycles. The van der Waals surface area contributed by atoms with Crippen molar-refractivity contribution in [2.45, 2.75) is 17.8 Å². The van der Waals surface area contributed by atoms with Gasteiger partial charge in [0.1, 0.15) is 17.0 Å². The van der Waals surface area contributed by atoms with E-state index in [2.05, 4.69) is 133 Å². The second-order valence-electron chi connectivity index (χ2n) is 13.4.